The minimum atomic E-state index is -4.25. The van der Waals surface area contributed by atoms with Crippen molar-refractivity contribution in [3.8, 4) is 0 Å². The lowest BCUT2D eigenvalue weighted by Crippen LogP contribution is -2.26. The smallest absolute Gasteiger partial charge is 0.352 e. The number of ether oxygens (including phenoxy) is 2. The van der Waals surface area contributed by atoms with Gasteiger partial charge < -0.3 is 9.47 Å². The van der Waals surface area contributed by atoms with Crippen LogP contribution in [0.4, 0.5) is 13.2 Å². The Kier molecular flexibility index (Phi) is 8.61. The number of hydrogen-bond acceptors (Lipinski definition) is 2. The highest BCUT2D eigenvalue weighted by molar-refractivity contribution is 4.56. The fourth-order valence-corrected chi connectivity index (χ4v) is 1.23. The predicted octanol–water partition coefficient (Wildman–Crippen LogP) is 4.39. The van der Waals surface area contributed by atoms with E-state index in [0.29, 0.717) is 25.0 Å². The molecule has 0 saturated carbocycles. The van der Waals surface area contributed by atoms with E-state index in [1.807, 2.05) is 27.7 Å². The lowest BCUT2D eigenvalue weighted by molar-refractivity contribution is -0.222. The maximum absolute atomic E-state index is 12.3. The molecule has 2 nitrogen and oxygen atoms in total. The van der Waals surface area contributed by atoms with Gasteiger partial charge in [-0.3, -0.25) is 0 Å². The van der Waals surface area contributed by atoms with E-state index in [4.69, 9.17) is 9.47 Å². The Morgan fingerprint density at radius 3 is 1.50 bits per heavy atom. The molecule has 0 bridgehead atoms. The van der Waals surface area contributed by atoms with Gasteiger partial charge in [-0.1, -0.05) is 27.7 Å². The Hall–Kier alpha value is -0.290. The summed E-state index contributed by atoms with van der Waals surface area (Å²) in [7, 11) is 0. The molecule has 0 heterocycles. The van der Waals surface area contributed by atoms with E-state index >= 15 is 0 Å². The lowest BCUT2D eigenvalue weighted by Gasteiger charge is -2.21. The SMILES string of the molecule is CC(C)CCOC(CC(F)(F)F)OCCC(C)C. The number of halogens is 3. The zero-order valence-corrected chi connectivity index (χ0v) is 11.7. The zero-order valence-electron chi connectivity index (χ0n) is 11.7. The summed E-state index contributed by atoms with van der Waals surface area (Å²) in [5.74, 6) is 0.819. The van der Waals surface area contributed by atoms with Crippen LogP contribution < -0.4 is 0 Å². The maximum Gasteiger partial charge on any atom is 0.393 e. The monoisotopic (exact) mass is 270 g/mol. The third-order valence-electron chi connectivity index (χ3n) is 2.40. The molecular weight excluding hydrogens is 245 g/mol. The molecule has 110 valence electrons. The summed E-state index contributed by atoms with van der Waals surface area (Å²) in [5.41, 5.74) is 0. The second kappa shape index (κ2) is 8.75. The summed E-state index contributed by atoms with van der Waals surface area (Å²) < 4.78 is 47.3. The van der Waals surface area contributed by atoms with Crippen molar-refractivity contribution < 1.29 is 22.6 Å². The van der Waals surface area contributed by atoms with Crippen LogP contribution in [0.3, 0.4) is 0 Å². The first-order valence-corrected chi connectivity index (χ1v) is 6.50. The van der Waals surface area contributed by atoms with E-state index in [-0.39, 0.29) is 0 Å². The van der Waals surface area contributed by atoms with Crippen LogP contribution in [0.15, 0.2) is 0 Å². The highest BCUT2D eigenvalue weighted by atomic mass is 19.4. The molecule has 0 aromatic rings. The van der Waals surface area contributed by atoms with E-state index in [1.54, 1.807) is 0 Å². The first-order valence-electron chi connectivity index (χ1n) is 6.50. The zero-order chi connectivity index (χ0) is 14.2. The molecule has 0 rings (SSSR count). The Bertz CT molecular complexity index is 189. The van der Waals surface area contributed by atoms with Crippen LogP contribution in [-0.4, -0.2) is 25.7 Å². The van der Waals surface area contributed by atoms with Gasteiger partial charge in [0.2, 0.25) is 0 Å². The van der Waals surface area contributed by atoms with Gasteiger partial charge in [-0.2, -0.15) is 13.2 Å². The van der Waals surface area contributed by atoms with Crippen LogP contribution in [0.5, 0.6) is 0 Å². The second-order valence-electron chi connectivity index (χ2n) is 5.36. The fraction of sp³-hybridized carbons (Fsp3) is 1.00. The van der Waals surface area contributed by atoms with Gasteiger partial charge >= 0.3 is 6.18 Å². The first-order chi connectivity index (χ1) is 8.20. The highest BCUT2D eigenvalue weighted by Crippen LogP contribution is 2.24. The average molecular weight is 270 g/mol. The fourth-order valence-electron chi connectivity index (χ4n) is 1.23. The first kappa shape index (κ1) is 17.7. The van der Waals surface area contributed by atoms with Gasteiger partial charge in [0.05, 0.1) is 6.42 Å². The van der Waals surface area contributed by atoms with Gasteiger partial charge in [-0.05, 0) is 24.7 Å². The highest BCUT2D eigenvalue weighted by Gasteiger charge is 2.33. The van der Waals surface area contributed by atoms with Crippen molar-refractivity contribution in [3.05, 3.63) is 0 Å². The van der Waals surface area contributed by atoms with Crippen LogP contribution in [-0.2, 0) is 9.47 Å². The molecule has 0 aliphatic heterocycles. The van der Waals surface area contributed by atoms with Gasteiger partial charge in [0.15, 0.2) is 6.29 Å². The lowest BCUT2D eigenvalue weighted by atomic mass is 10.1. The summed E-state index contributed by atoms with van der Waals surface area (Å²) in [6.07, 6.45) is -4.98. The summed E-state index contributed by atoms with van der Waals surface area (Å²) in [6.45, 7) is 8.62. The van der Waals surface area contributed by atoms with Gasteiger partial charge in [-0.25, -0.2) is 0 Å². The minimum Gasteiger partial charge on any atom is -0.352 e. The molecule has 0 unspecified atom stereocenters. The van der Waals surface area contributed by atoms with Crippen molar-refractivity contribution in [2.45, 2.75) is 59.4 Å². The average Bonchev–Trinajstić information content (AvgIpc) is 2.13. The number of hydrogen-bond donors (Lipinski definition) is 0. The van der Waals surface area contributed by atoms with Gasteiger partial charge in [0.1, 0.15) is 0 Å². The summed E-state index contributed by atoms with van der Waals surface area (Å²) in [4.78, 5) is 0. The third-order valence-corrected chi connectivity index (χ3v) is 2.40. The molecule has 0 spiro atoms. The van der Waals surface area contributed by atoms with Crippen molar-refractivity contribution in [1.82, 2.24) is 0 Å². The molecule has 0 amide bonds. The Labute approximate surface area is 108 Å². The summed E-state index contributed by atoms with van der Waals surface area (Å²) >= 11 is 0. The largest absolute Gasteiger partial charge is 0.393 e. The van der Waals surface area contributed by atoms with Crippen LogP contribution in [0.25, 0.3) is 0 Å². The van der Waals surface area contributed by atoms with Gasteiger partial charge in [-0.15, -0.1) is 0 Å². The molecule has 0 saturated heterocycles. The van der Waals surface area contributed by atoms with Crippen LogP contribution >= 0.6 is 0 Å². The standard InChI is InChI=1S/C13H25F3O2/c1-10(2)5-7-17-12(9-13(14,15)16)18-8-6-11(3)4/h10-12H,5-9H2,1-4H3. The quantitative estimate of drug-likeness (QED) is 0.578. The second-order valence-corrected chi connectivity index (χ2v) is 5.36. The molecule has 0 aliphatic carbocycles. The predicted molar refractivity (Wildman–Crippen MR) is 65.3 cm³/mol. The molecule has 0 atom stereocenters. The van der Waals surface area contributed by atoms with Crippen molar-refractivity contribution in [2.75, 3.05) is 13.2 Å². The normalized spacial score (nSPS) is 13.0. The Balaban J connectivity index is 4.00. The Morgan fingerprint density at radius 1 is 0.833 bits per heavy atom. The molecule has 0 aromatic heterocycles. The van der Waals surface area contributed by atoms with Gasteiger partial charge in [0.25, 0.3) is 0 Å². The Morgan fingerprint density at radius 2 is 1.22 bits per heavy atom. The van der Waals surface area contributed by atoms with Crippen molar-refractivity contribution in [2.24, 2.45) is 11.8 Å². The van der Waals surface area contributed by atoms with E-state index in [0.717, 1.165) is 12.8 Å². The molecule has 0 aromatic carbocycles. The van der Waals surface area contributed by atoms with Crippen molar-refractivity contribution >= 4 is 0 Å². The number of rotatable bonds is 9. The maximum atomic E-state index is 12.3. The van der Waals surface area contributed by atoms with Crippen LogP contribution in [0.2, 0.25) is 0 Å². The van der Waals surface area contributed by atoms with Crippen LogP contribution in [0.1, 0.15) is 47.0 Å². The van der Waals surface area contributed by atoms with E-state index in [1.165, 1.54) is 0 Å². The van der Waals surface area contributed by atoms with E-state index in [2.05, 4.69) is 0 Å². The van der Waals surface area contributed by atoms with E-state index in [9.17, 15) is 13.2 Å². The molecule has 0 aliphatic rings. The summed E-state index contributed by atoms with van der Waals surface area (Å²) in [6, 6.07) is 0. The molecule has 0 radical (unpaired) electrons. The minimum absolute atomic E-state index is 0.306. The van der Waals surface area contributed by atoms with Gasteiger partial charge in [0, 0.05) is 13.2 Å². The van der Waals surface area contributed by atoms with Crippen LogP contribution in [0, 0.1) is 11.8 Å². The molecule has 5 heteroatoms. The molecule has 0 fully saturated rings. The van der Waals surface area contributed by atoms with E-state index < -0.39 is 18.9 Å². The topological polar surface area (TPSA) is 18.5 Å². The summed E-state index contributed by atoms with van der Waals surface area (Å²) in [5, 5.41) is 0. The third kappa shape index (κ3) is 12.2. The molecular formula is C13H25F3O2. The number of alkyl halides is 3. The molecule has 0 N–H and O–H groups in total. The van der Waals surface area contributed by atoms with Crippen molar-refractivity contribution in [1.29, 1.82) is 0 Å². The molecule has 18 heavy (non-hydrogen) atoms. The van der Waals surface area contributed by atoms with Crippen molar-refractivity contribution in [3.63, 3.8) is 0 Å².